The number of aliphatic hydroxyl groups excluding tert-OH is 1. The van der Waals surface area contributed by atoms with Gasteiger partial charge in [-0.15, -0.1) is 0 Å². The van der Waals surface area contributed by atoms with Crippen LogP contribution in [-0.2, 0) is 6.42 Å². The van der Waals surface area contributed by atoms with Crippen LogP contribution in [-0.4, -0.2) is 34.1 Å². The molecular weight excluding hydrogens is 244 g/mol. The van der Waals surface area contributed by atoms with Gasteiger partial charge in [0.25, 0.3) is 5.92 Å². The molecule has 0 aliphatic rings. The topological polar surface area (TPSA) is 96.1 Å². The highest BCUT2D eigenvalue weighted by molar-refractivity contribution is 5.57. The molecule has 0 radical (unpaired) electrons. The van der Waals surface area contributed by atoms with Crippen LogP contribution in [0.2, 0.25) is 0 Å². The van der Waals surface area contributed by atoms with E-state index in [1.165, 1.54) is 6.33 Å². The van der Waals surface area contributed by atoms with Gasteiger partial charge in [-0.3, -0.25) is 0 Å². The fraction of sp³-hybridized carbons (Fsp3) is 0.600. The summed E-state index contributed by atoms with van der Waals surface area (Å²) in [5, 5.41) is 11.0. The van der Waals surface area contributed by atoms with E-state index in [1.54, 1.807) is 0 Å². The van der Waals surface area contributed by atoms with Gasteiger partial charge in [0, 0.05) is 5.56 Å². The Labute approximate surface area is 104 Å². The van der Waals surface area contributed by atoms with Crippen LogP contribution in [0.25, 0.3) is 0 Å². The predicted molar refractivity (Wildman–Crippen MR) is 64.4 cm³/mol. The third kappa shape index (κ3) is 3.74. The number of aromatic nitrogens is 2. The third-order valence-corrected chi connectivity index (χ3v) is 2.33. The Morgan fingerprint density at radius 2 is 2.06 bits per heavy atom. The van der Waals surface area contributed by atoms with E-state index in [9.17, 15) is 8.78 Å². The first kappa shape index (κ1) is 14.5. The van der Waals surface area contributed by atoms with Gasteiger partial charge in [-0.05, 0) is 6.42 Å². The zero-order valence-electron chi connectivity index (χ0n) is 10.1. The van der Waals surface area contributed by atoms with E-state index in [2.05, 4.69) is 20.7 Å². The van der Waals surface area contributed by atoms with Crippen molar-refractivity contribution in [3.05, 3.63) is 11.9 Å². The average molecular weight is 261 g/mol. The van der Waals surface area contributed by atoms with Crippen LogP contribution < -0.4 is 16.6 Å². The van der Waals surface area contributed by atoms with Crippen molar-refractivity contribution in [3.63, 3.8) is 0 Å². The predicted octanol–water partition coefficient (Wildman–Crippen LogP) is 0.754. The summed E-state index contributed by atoms with van der Waals surface area (Å²) in [4.78, 5) is 7.83. The van der Waals surface area contributed by atoms with Crippen LogP contribution in [0, 0.1) is 0 Å². The van der Waals surface area contributed by atoms with Crippen molar-refractivity contribution in [3.8, 4) is 0 Å². The van der Waals surface area contributed by atoms with E-state index in [0.717, 1.165) is 6.42 Å². The highest BCUT2D eigenvalue weighted by Gasteiger charge is 2.28. The van der Waals surface area contributed by atoms with Crippen molar-refractivity contribution in [1.82, 2.24) is 9.97 Å². The van der Waals surface area contributed by atoms with Gasteiger partial charge in [0.2, 0.25) is 0 Å². The zero-order valence-corrected chi connectivity index (χ0v) is 10.1. The van der Waals surface area contributed by atoms with Gasteiger partial charge >= 0.3 is 0 Å². The quantitative estimate of drug-likeness (QED) is 0.427. The number of aliphatic hydroxyl groups is 1. The number of nitrogens with two attached hydrogens (primary N) is 1. The second kappa shape index (κ2) is 6.41. The summed E-state index contributed by atoms with van der Waals surface area (Å²) < 4.78 is 25.9. The summed E-state index contributed by atoms with van der Waals surface area (Å²) in [6, 6.07) is 0. The maximum Gasteiger partial charge on any atom is 0.287 e. The summed E-state index contributed by atoms with van der Waals surface area (Å²) in [5.74, 6) is 2.82. The lowest BCUT2D eigenvalue weighted by Crippen LogP contribution is -2.31. The van der Waals surface area contributed by atoms with Crippen molar-refractivity contribution in [2.75, 3.05) is 23.9 Å². The lowest BCUT2D eigenvalue weighted by Gasteiger charge is -2.17. The van der Waals surface area contributed by atoms with Gasteiger partial charge in [0.15, 0.2) is 0 Å². The fourth-order valence-electron chi connectivity index (χ4n) is 1.44. The maximum absolute atomic E-state index is 12.9. The molecule has 0 aliphatic carbocycles. The number of nitrogen functional groups attached to an aromatic ring is 1. The molecule has 1 aromatic heterocycles. The lowest BCUT2D eigenvalue weighted by atomic mass is 10.1. The molecule has 0 fully saturated rings. The van der Waals surface area contributed by atoms with Crippen molar-refractivity contribution < 1.29 is 13.9 Å². The number of hydrogen-bond acceptors (Lipinski definition) is 6. The van der Waals surface area contributed by atoms with Gasteiger partial charge in [-0.1, -0.05) is 13.3 Å². The minimum absolute atomic E-state index is 0.299. The number of halogens is 2. The molecule has 5 N–H and O–H groups in total. The zero-order chi connectivity index (χ0) is 13.6. The minimum Gasteiger partial charge on any atom is -0.390 e. The van der Waals surface area contributed by atoms with Crippen LogP contribution in [0.4, 0.5) is 20.4 Å². The molecule has 0 amide bonds. The smallest absolute Gasteiger partial charge is 0.287 e. The Hall–Kier alpha value is -1.54. The van der Waals surface area contributed by atoms with Crippen molar-refractivity contribution in [1.29, 1.82) is 0 Å². The van der Waals surface area contributed by atoms with Gasteiger partial charge in [0.05, 0.1) is 6.54 Å². The Balaban J connectivity index is 2.87. The maximum atomic E-state index is 12.9. The molecule has 1 heterocycles. The van der Waals surface area contributed by atoms with Crippen LogP contribution in [0.1, 0.15) is 18.9 Å². The number of anilines is 2. The molecule has 0 atom stereocenters. The monoisotopic (exact) mass is 261 g/mol. The summed E-state index contributed by atoms with van der Waals surface area (Å²) in [5.41, 5.74) is 3.05. The SMILES string of the molecule is CCCc1c(NN)ncnc1NCC(F)(F)CO. The number of nitrogens with zero attached hydrogens (tertiary/aromatic N) is 2. The van der Waals surface area contributed by atoms with Crippen molar-refractivity contribution >= 4 is 11.6 Å². The molecular formula is C10H17F2N5O. The molecule has 0 spiro atoms. The largest absolute Gasteiger partial charge is 0.390 e. The molecule has 1 rings (SSSR count). The van der Waals surface area contributed by atoms with E-state index in [1.807, 2.05) is 6.92 Å². The molecule has 1 aromatic rings. The first-order chi connectivity index (χ1) is 8.54. The molecule has 102 valence electrons. The normalized spacial score (nSPS) is 11.4. The molecule has 0 unspecified atom stereocenters. The first-order valence-electron chi connectivity index (χ1n) is 5.57. The molecule has 0 saturated carbocycles. The van der Waals surface area contributed by atoms with E-state index in [-0.39, 0.29) is 0 Å². The molecule has 0 aliphatic heterocycles. The number of alkyl halides is 2. The summed E-state index contributed by atoms with van der Waals surface area (Å²) >= 11 is 0. The third-order valence-electron chi connectivity index (χ3n) is 2.33. The van der Waals surface area contributed by atoms with E-state index in [0.29, 0.717) is 23.6 Å². The van der Waals surface area contributed by atoms with Crippen LogP contribution in [0.15, 0.2) is 6.33 Å². The average Bonchev–Trinajstić information content (AvgIpc) is 2.38. The molecule has 8 heteroatoms. The Bertz CT molecular complexity index is 389. The lowest BCUT2D eigenvalue weighted by molar-refractivity contribution is -0.0373. The summed E-state index contributed by atoms with van der Waals surface area (Å²) in [6.45, 7) is 0.0385. The molecule has 0 bridgehead atoms. The van der Waals surface area contributed by atoms with Crippen LogP contribution >= 0.6 is 0 Å². The standard InChI is InChI=1S/C10H17F2N5O/c1-2-3-7-8(14-4-10(11,12)5-18)15-6-16-9(7)17-13/h6,18H,2-5,13H2,1H3,(H2,14,15,16,17). The number of nitrogens with one attached hydrogen (secondary N) is 2. The second-order valence-corrected chi connectivity index (χ2v) is 3.81. The number of hydrogen-bond donors (Lipinski definition) is 4. The van der Waals surface area contributed by atoms with E-state index >= 15 is 0 Å². The number of hydrazine groups is 1. The second-order valence-electron chi connectivity index (χ2n) is 3.81. The first-order valence-corrected chi connectivity index (χ1v) is 5.57. The molecule has 18 heavy (non-hydrogen) atoms. The molecule has 0 aromatic carbocycles. The Kier molecular flexibility index (Phi) is 5.17. The Morgan fingerprint density at radius 3 is 2.61 bits per heavy atom. The minimum atomic E-state index is -3.19. The van der Waals surface area contributed by atoms with Crippen molar-refractivity contribution in [2.24, 2.45) is 5.84 Å². The van der Waals surface area contributed by atoms with Gasteiger partial charge in [-0.2, -0.15) is 0 Å². The van der Waals surface area contributed by atoms with E-state index < -0.39 is 19.1 Å². The van der Waals surface area contributed by atoms with Gasteiger partial charge in [0.1, 0.15) is 24.6 Å². The Morgan fingerprint density at radius 1 is 1.39 bits per heavy atom. The van der Waals surface area contributed by atoms with Crippen LogP contribution in [0.5, 0.6) is 0 Å². The summed E-state index contributed by atoms with van der Waals surface area (Å²) in [6.07, 6.45) is 2.63. The van der Waals surface area contributed by atoms with Crippen molar-refractivity contribution in [2.45, 2.75) is 25.7 Å². The summed E-state index contributed by atoms with van der Waals surface area (Å²) in [7, 11) is 0. The van der Waals surface area contributed by atoms with E-state index in [4.69, 9.17) is 10.9 Å². The number of rotatable bonds is 7. The van der Waals surface area contributed by atoms with Gasteiger partial charge in [-0.25, -0.2) is 24.6 Å². The highest BCUT2D eigenvalue weighted by Crippen LogP contribution is 2.22. The van der Waals surface area contributed by atoms with Crippen LogP contribution in [0.3, 0.4) is 0 Å². The highest BCUT2D eigenvalue weighted by atomic mass is 19.3. The molecule has 0 saturated heterocycles. The van der Waals surface area contributed by atoms with Gasteiger partial charge < -0.3 is 15.8 Å². The molecule has 6 nitrogen and oxygen atoms in total. The fourth-order valence-corrected chi connectivity index (χ4v) is 1.44.